The second-order valence-electron chi connectivity index (χ2n) is 9.10. The third kappa shape index (κ3) is 6.47. The van der Waals surface area contributed by atoms with E-state index in [1.807, 2.05) is 62.4 Å². The maximum atomic E-state index is 13.1. The molecule has 0 unspecified atom stereocenters. The van der Waals surface area contributed by atoms with Crippen LogP contribution in [0, 0.1) is 0 Å². The van der Waals surface area contributed by atoms with Crippen LogP contribution in [0.5, 0.6) is 11.5 Å². The summed E-state index contributed by atoms with van der Waals surface area (Å²) in [4.78, 5) is 13.1. The number of carbonyl (C=O) groups excluding carboxylic acids is 1. The molecule has 0 spiro atoms. The first-order valence-electron chi connectivity index (χ1n) is 11.1. The van der Waals surface area contributed by atoms with Crippen LogP contribution in [0.3, 0.4) is 0 Å². The fraction of sp³-hybridized carbons (Fsp3) is 0.500. The summed E-state index contributed by atoms with van der Waals surface area (Å²) < 4.78 is 17.2. The zero-order valence-corrected chi connectivity index (χ0v) is 19.3. The number of hydrogen-bond donors (Lipinski definition) is 1. The quantitative estimate of drug-likeness (QED) is 0.641. The number of hydrogen-bond acceptors (Lipinski definition) is 4. The summed E-state index contributed by atoms with van der Waals surface area (Å²) in [6.45, 7) is 8.83. The highest BCUT2D eigenvalue weighted by Gasteiger charge is 2.30. The van der Waals surface area contributed by atoms with E-state index in [2.05, 4.69) is 19.2 Å². The molecule has 5 heteroatoms. The average Bonchev–Trinajstić information content (AvgIpc) is 2.71. The van der Waals surface area contributed by atoms with E-state index in [4.69, 9.17) is 14.2 Å². The Balaban J connectivity index is 1.81. The van der Waals surface area contributed by atoms with Gasteiger partial charge in [-0.3, -0.25) is 4.79 Å². The molecular formula is C26H35NO4. The summed E-state index contributed by atoms with van der Waals surface area (Å²) in [5.41, 5.74) is 1.86. The van der Waals surface area contributed by atoms with Gasteiger partial charge < -0.3 is 19.5 Å². The number of para-hydroxylation sites is 1. The fourth-order valence-corrected chi connectivity index (χ4v) is 4.24. The number of rotatable bonds is 8. The normalized spacial score (nSPS) is 19.0. The van der Waals surface area contributed by atoms with Crippen molar-refractivity contribution in [3.05, 3.63) is 59.7 Å². The van der Waals surface area contributed by atoms with Crippen LogP contribution in [0.25, 0.3) is 0 Å². The van der Waals surface area contributed by atoms with E-state index in [0.717, 1.165) is 35.5 Å². The van der Waals surface area contributed by atoms with E-state index < -0.39 is 0 Å². The van der Waals surface area contributed by atoms with Crippen molar-refractivity contribution >= 4 is 5.91 Å². The maximum Gasteiger partial charge on any atom is 0.221 e. The topological polar surface area (TPSA) is 56.8 Å². The van der Waals surface area contributed by atoms with Crippen molar-refractivity contribution in [1.29, 1.82) is 0 Å². The molecule has 2 aromatic carbocycles. The van der Waals surface area contributed by atoms with E-state index in [0.29, 0.717) is 13.0 Å². The molecule has 0 bridgehead atoms. The number of nitrogens with one attached hydrogen (secondary N) is 1. The summed E-state index contributed by atoms with van der Waals surface area (Å²) in [5.74, 6) is 1.54. The fourth-order valence-electron chi connectivity index (χ4n) is 4.24. The SMILES string of the molecule is COc1ccccc1[C@H](CC(=O)N[C@@H]1CCOC(C)(C)C1)c1ccc(OC(C)C)cc1. The highest BCUT2D eigenvalue weighted by molar-refractivity contribution is 5.78. The average molecular weight is 426 g/mol. The summed E-state index contributed by atoms with van der Waals surface area (Å²) in [7, 11) is 1.67. The molecule has 1 N–H and O–H groups in total. The van der Waals surface area contributed by atoms with Crippen LogP contribution in [-0.4, -0.2) is 37.4 Å². The van der Waals surface area contributed by atoms with Crippen LogP contribution >= 0.6 is 0 Å². The lowest BCUT2D eigenvalue weighted by atomic mass is 9.87. The van der Waals surface area contributed by atoms with Crippen LogP contribution < -0.4 is 14.8 Å². The van der Waals surface area contributed by atoms with Gasteiger partial charge in [-0.15, -0.1) is 0 Å². The van der Waals surface area contributed by atoms with Crippen molar-refractivity contribution in [2.24, 2.45) is 0 Å². The monoisotopic (exact) mass is 425 g/mol. The lowest BCUT2D eigenvalue weighted by molar-refractivity contribution is -0.124. The summed E-state index contributed by atoms with van der Waals surface area (Å²) >= 11 is 0. The zero-order valence-electron chi connectivity index (χ0n) is 19.3. The zero-order chi connectivity index (χ0) is 22.4. The molecule has 2 atom stereocenters. The predicted molar refractivity (Wildman–Crippen MR) is 123 cm³/mol. The Kier molecular flexibility index (Phi) is 7.60. The van der Waals surface area contributed by atoms with E-state index >= 15 is 0 Å². The van der Waals surface area contributed by atoms with E-state index in [-0.39, 0.29) is 29.6 Å². The predicted octanol–water partition coefficient (Wildman–Crippen LogP) is 5.08. The Morgan fingerprint density at radius 1 is 1.16 bits per heavy atom. The molecule has 0 saturated carbocycles. The minimum Gasteiger partial charge on any atom is -0.496 e. The molecule has 5 nitrogen and oxygen atoms in total. The van der Waals surface area contributed by atoms with Crippen molar-refractivity contribution in [2.45, 2.75) is 70.6 Å². The Hall–Kier alpha value is -2.53. The molecule has 2 aromatic rings. The molecule has 0 aliphatic carbocycles. The smallest absolute Gasteiger partial charge is 0.221 e. The van der Waals surface area contributed by atoms with Crippen molar-refractivity contribution < 1.29 is 19.0 Å². The van der Waals surface area contributed by atoms with Crippen molar-refractivity contribution in [1.82, 2.24) is 5.32 Å². The number of methoxy groups -OCH3 is 1. The first-order chi connectivity index (χ1) is 14.8. The van der Waals surface area contributed by atoms with Crippen LogP contribution in [0.4, 0.5) is 0 Å². The summed E-state index contributed by atoms with van der Waals surface area (Å²) in [6, 6.07) is 16.1. The second-order valence-corrected chi connectivity index (χ2v) is 9.10. The largest absolute Gasteiger partial charge is 0.496 e. The number of benzene rings is 2. The van der Waals surface area contributed by atoms with E-state index in [9.17, 15) is 4.79 Å². The minimum atomic E-state index is -0.204. The molecule has 1 amide bonds. The lowest BCUT2D eigenvalue weighted by Gasteiger charge is -2.36. The van der Waals surface area contributed by atoms with Gasteiger partial charge in [0.15, 0.2) is 0 Å². The molecule has 1 aliphatic heterocycles. The standard InChI is InChI=1S/C26H35NO4/c1-18(2)31-21-12-10-19(11-13-21)23(22-8-6-7-9-24(22)29-5)16-25(28)27-20-14-15-30-26(3,4)17-20/h6-13,18,20,23H,14-17H2,1-5H3,(H,27,28)/t20-,23-/m1/s1. The molecular weight excluding hydrogens is 390 g/mol. The molecule has 0 radical (unpaired) electrons. The number of ether oxygens (including phenoxy) is 3. The third-order valence-corrected chi connectivity index (χ3v) is 5.62. The van der Waals surface area contributed by atoms with Crippen LogP contribution in [-0.2, 0) is 9.53 Å². The molecule has 1 heterocycles. The van der Waals surface area contributed by atoms with Crippen molar-refractivity contribution in [3.8, 4) is 11.5 Å². The molecule has 3 rings (SSSR count). The first-order valence-corrected chi connectivity index (χ1v) is 11.1. The second kappa shape index (κ2) is 10.2. The molecule has 1 aliphatic rings. The van der Waals surface area contributed by atoms with Gasteiger partial charge in [0.25, 0.3) is 0 Å². The molecule has 31 heavy (non-hydrogen) atoms. The van der Waals surface area contributed by atoms with Gasteiger partial charge in [0.2, 0.25) is 5.91 Å². The Morgan fingerprint density at radius 2 is 1.87 bits per heavy atom. The Labute approximate surface area is 186 Å². The van der Waals surface area contributed by atoms with Crippen molar-refractivity contribution in [2.75, 3.05) is 13.7 Å². The van der Waals surface area contributed by atoms with E-state index in [1.54, 1.807) is 7.11 Å². The maximum absolute atomic E-state index is 13.1. The third-order valence-electron chi connectivity index (χ3n) is 5.62. The summed E-state index contributed by atoms with van der Waals surface area (Å²) in [6.07, 6.45) is 2.13. The van der Waals surface area contributed by atoms with E-state index in [1.165, 1.54) is 0 Å². The summed E-state index contributed by atoms with van der Waals surface area (Å²) in [5, 5.41) is 3.23. The van der Waals surface area contributed by atoms with Gasteiger partial charge >= 0.3 is 0 Å². The van der Waals surface area contributed by atoms with Crippen LogP contribution in [0.2, 0.25) is 0 Å². The van der Waals surface area contributed by atoms with Crippen molar-refractivity contribution in [3.63, 3.8) is 0 Å². The van der Waals surface area contributed by atoms with Gasteiger partial charge in [-0.25, -0.2) is 0 Å². The Morgan fingerprint density at radius 3 is 2.52 bits per heavy atom. The molecule has 1 fully saturated rings. The molecule has 168 valence electrons. The minimum absolute atomic E-state index is 0.0427. The molecule has 0 aromatic heterocycles. The molecule has 1 saturated heterocycles. The van der Waals surface area contributed by atoms with Gasteiger partial charge in [0.1, 0.15) is 11.5 Å². The van der Waals surface area contributed by atoms with Gasteiger partial charge in [0, 0.05) is 30.6 Å². The number of amides is 1. The van der Waals surface area contributed by atoms with Gasteiger partial charge in [0.05, 0.1) is 18.8 Å². The highest BCUT2D eigenvalue weighted by atomic mass is 16.5. The number of carbonyl (C=O) groups is 1. The van der Waals surface area contributed by atoms with Crippen LogP contribution in [0.1, 0.15) is 64.0 Å². The highest BCUT2D eigenvalue weighted by Crippen LogP contribution is 2.35. The van der Waals surface area contributed by atoms with Gasteiger partial charge in [-0.2, -0.15) is 0 Å². The van der Waals surface area contributed by atoms with Gasteiger partial charge in [-0.05, 0) is 64.3 Å². The van der Waals surface area contributed by atoms with Crippen LogP contribution in [0.15, 0.2) is 48.5 Å². The Bertz CT molecular complexity index is 860. The first kappa shape index (κ1) is 23.1. The van der Waals surface area contributed by atoms with Gasteiger partial charge in [-0.1, -0.05) is 30.3 Å². The lowest BCUT2D eigenvalue weighted by Crippen LogP contribution is -2.46.